The minimum atomic E-state index is -4.33. The van der Waals surface area contributed by atoms with Crippen molar-refractivity contribution in [1.82, 2.24) is 4.98 Å². The van der Waals surface area contributed by atoms with Crippen LogP contribution in [0.3, 0.4) is 0 Å². The van der Waals surface area contributed by atoms with E-state index < -0.39 is 11.7 Å². The zero-order valence-corrected chi connectivity index (χ0v) is 8.04. The molecule has 2 rings (SSSR count). The van der Waals surface area contributed by atoms with E-state index in [2.05, 4.69) is 9.98 Å². The SMILES string of the molecule is CC1Cc2ncc(C(F)(F)F)cc2C=N1. The monoisotopic (exact) mass is 214 g/mol. The van der Waals surface area contributed by atoms with Crippen LogP contribution >= 0.6 is 0 Å². The van der Waals surface area contributed by atoms with Gasteiger partial charge in [0.25, 0.3) is 0 Å². The Hall–Kier alpha value is -1.39. The fourth-order valence-corrected chi connectivity index (χ4v) is 1.49. The molecular formula is C10H9F3N2. The summed E-state index contributed by atoms with van der Waals surface area (Å²) >= 11 is 0. The molecule has 1 aromatic heterocycles. The van der Waals surface area contributed by atoms with Crippen LogP contribution in [0.2, 0.25) is 0 Å². The summed E-state index contributed by atoms with van der Waals surface area (Å²) < 4.78 is 37.1. The smallest absolute Gasteiger partial charge is 0.289 e. The van der Waals surface area contributed by atoms with Gasteiger partial charge in [-0.3, -0.25) is 9.98 Å². The van der Waals surface area contributed by atoms with Gasteiger partial charge in [0.1, 0.15) is 0 Å². The maximum absolute atomic E-state index is 12.4. The molecule has 1 aliphatic heterocycles. The number of nitrogens with zero attached hydrogens (tertiary/aromatic N) is 2. The van der Waals surface area contributed by atoms with Gasteiger partial charge in [0, 0.05) is 24.4 Å². The summed E-state index contributed by atoms with van der Waals surface area (Å²) in [7, 11) is 0. The van der Waals surface area contributed by atoms with Gasteiger partial charge in [-0.15, -0.1) is 0 Å². The van der Waals surface area contributed by atoms with Gasteiger partial charge in [0.05, 0.1) is 17.3 Å². The molecule has 2 heterocycles. The van der Waals surface area contributed by atoms with Crippen molar-refractivity contribution >= 4 is 6.21 Å². The van der Waals surface area contributed by atoms with E-state index in [1.54, 1.807) is 0 Å². The van der Waals surface area contributed by atoms with E-state index in [0.29, 0.717) is 17.7 Å². The lowest BCUT2D eigenvalue weighted by molar-refractivity contribution is -0.137. The summed E-state index contributed by atoms with van der Waals surface area (Å²) in [5.41, 5.74) is 0.440. The van der Waals surface area contributed by atoms with Crippen molar-refractivity contribution < 1.29 is 13.2 Å². The van der Waals surface area contributed by atoms with Crippen LogP contribution in [-0.2, 0) is 12.6 Å². The molecule has 0 N–H and O–H groups in total. The highest BCUT2D eigenvalue weighted by Gasteiger charge is 2.31. The minimum Gasteiger partial charge on any atom is -0.289 e. The molecule has 80 valence electrons. The standard InChI is InChI=1S/C10H9F3N2/c1-6-2-9-7(4-14-6)3-8(5-15-9)10(11,12)13/h3-6H,2H2,1H3. The average Bonchev–Trinajstić information content (AvgIpc) is 2.15. The number of aliphatic imine (C=N–C) groups is 1. The Morgan fingerprint density at radius 1 is 1.40 bits per heavy atom. The van der Waals surface area contributed by atoms with Gasteiger partial charge < -0.3 is 0 Å². The number of hydrogen-bond donors (Lipinski definition) is 0. The van der Waals surface area contributed by atoms with Crippen molar-refractivity contribution in [3.8, 4) is 0 Å². The number of aromatic nitrogens is 1. The van der Waals surface area contributed by atoms with Crippen molar-refractivity contribution in [2.45, 2.75) is 25.6 Å². The van der Waals surface area contributed by atoms with Gasteiger partial charge in [0.2, 0.25) is 0 Å². The predicted molar refractivity (Wildman–Crippen MR) is 50.0 cm³/mol. The molecule has 5 heteroatoms. The maximum Gasteiger partial charge on any atom is 0.417 e. The van der Waals surface area contributed by atoms with Crippen molar-refractivity contribution in [3.63, 3.8) is 0 Å². The molecule has 0 amide bonds. The van der Waals surface area contributed by atoms with E-state index in [4.69, 9.17) is 0 Å². The molecule has 2 nitrogen and oxygen atoms in total. The van der Waals surface area contributed by atoms with E-state index >= 15 is 0 Å². The summed E-state index contributed by atoms with van der Waals surface area (Å²) in [5, 5.41) is 0. The first-order chi connectivity index (χ1) is 6.97. The highest BCUT2D eigenvalue weighted by Crippen LogP contribution is 2.30. The molecule has 0 aromatic carbocycles. The molecule has 0 bridgehead atoms. The van der Waals surface area contributed by atoms with Crippen LogP contribution in [0.15, 0.2) is 17.3 Å². The van der Waals surface area contributed by atoms with Crippen LogP contribution in [0, 0.1) is 0 Å². The Morgan fingerprint density at radius 2 is 2.13 bits per heavy atom. The molecule has 1 atom stereocenters. The second-order valence-corrected chi connectivity index (χ2v) is 3.59. The summed E-state index contributed by atoms with van der Waals surface area (Å²) in [5.74, 6) is 0. The van der Waals surface area contributed by atoms with Crippen LogP contribution < -0.4 is 0 Å². The van der Waals surface area contributed by atoms with Crippen LogP contribution in [0.4, 0.5) is 13.2 Å². The lowest BCUT2D eigenvalue weighted by Gasteiger charge is -2.15. The summed E-state index contributed by atoms with van der Waals surface area (Å²) in [6.45, 7) is 1.90. The molecule has 0 radical (unpaired) electrons. The third-order valence-corrected chi connectivity index (χ3v) is 2.29. The third kappa shape index (κ3) is 2.00. The van der Waals surface area contributed by atoms with E-state index in [0.717, 1.165) is 12.3 Å². The third-order valence-electron chi connectivity index (χ3n) is 2.29. The Kier molecular flexibility index (Phi) is 2.25. The number of fused-ring (bicyclic) bond motifs is 1. The van der Waals surface area contributed by atoms with Gasteiger partial charge >= 0.3 is 6.18 Å². The lowest BCUT2D eigenvalue weighted by Crippen LogP contribution is -2.15. The first-order valence-electron chi connectivity index (χ1n) is 4.56. The quantitative estimate of drug-likeness (QED) is 0.651. The molecule has 1 aromatic rings. The second-order valence-electron chi connectivity index (χ2n) is 3.59. The van der Waals surface area contributed by atoms with Crippen molar-refractivity contribution in [3.05, 3.63) is 29.1 Å². The summed E-state index contributed by atoms with van der Waals surface area (Å²) in [6, 6.07) is 1.19. The Bertz CT molecular complexity index is 410. The molecule has 15 heavy (non-hydrogen) atoms. The molecule has 0 spiro atoms. The normalized spacial score (nSPS) is 20.1. The van der Waals surface area contributed by atoms with Crippen LogP contribution in [-0.4, -0.2) is 17.2 Å². The molecule has 0 saturated carbocycles. The van der Waals surface area contributed by atoms with Gasteiger partial charge in [-0.1, -0.05) is 0 Å². The van der Waals surface area contributed by atoms with Crippen LogP contribution in [0.25, 0.3) is 0 Å². The number of pyridine rings is 1. The summed E-state index contributed by atoms with van der Waals surface area (Å²) in [6.07, 6.45) is -1.39. The van der Waals surface area contributed by atoms with Gasteiger partial charge in [-0.25, -0.2) is 0 Å². The molecule has 1 unspecified atom stereocenters. The fourth-order valence-electron chi connectivity index (χ4n) is 1.49. The maximum atomic E-state index is 12.4. The highest BCUT2D eigenvalue weighted by atomic mass is 19.4. The van der Waals surface area contributed by atoms with E-state index in [1.807, 2.05) is 6.92 Å². The lowest BCUT2D eigenvalue weighted by atomic mass is 10.0. The Morgan fingerprint density at radius 3 is 2.80 bits per heavy atom. The van der Waals surface area contributed by atoms with Crippen molar-refractivity contribution in [1.29, 1.82) is 0 Å². The Balaban J connectivity index is 2.42. The van der Waals surface area contributed by atoms with Crippen LogP contribution in [0.1, 0.15) is 23.7 Å². The van der Waals surface area contributed by atoms with Crippen molar-refractivity contribution in [2.75, 3.05) is 0 Å². The molecule has 0 fully saturated rings. The molecular weight excluding hydrogens is 205 g/mol. The summed E-state index contributed by atoms with van der Waals surface area (Å²) in [4.78, 5) is 7.89. The largest absolute Gasteiger partial charge is 0.417 e. The number of halogens is 3. The molecule has 0 saturated heterocycles. The molecule has 1 aliphatic rings. The fraction of sp³-hybridized carbons (Fsp3) is 0.400. The van der Waals surface area contributed by atoms with Gasteiger partial charge in [-0.2, -0.15) is 13.2 Å². The predicted octanol–water partition coefficient (Wildman–Crippen LogP) is 2.46. The van der Waals surface area contributed by atoms with E-state index in [1.165, 1.54) is 6.21 Å². The van der Waals surface area contributed by atoms with Gasteiger partial charge in [0.15, 0.2) is 0 Å². The zero-order chi connectivity index (χ0) is 11.1. The zero-order valence-electron chi connectivity index (χ0n) is 8.04. The van der Waals surface area contributed by atoms with Crippen molar-refractivity contribution in [2.24, 2.45) is 4.99 Å². The highest BCUT2D eigenvalue weighted by molar-refractivity contribution is 5.82. The number of alkyl halides is 3. The first kappa shape index (κ1) is 10.1. The number of rotatable bonds is 0. The first-order valence-corrected chi connectivity index (χ1v) is 4.56. The Labute approximate surface area is 84.9 Å². The van der Waals surface area contributed by atoms with E-state index in [9.17, 15) is 13.2 Å². The van der Waals surface area contributed by atoms with E-state index in [-0.39, 0.29) is 6.04 Å². The molecule has 0 aliphatic carbocycles. The van der Waals surface area contributed by atoms with Crippen LogP contribution in [0.5, 0.6) is 0 Å². The average molecular weight is 214 g/mol. The minimum absolute atomic E-state index is 0.0988. The number of hydrogen-bond acceptors (Lipinski definition) is 2. The second kappa shape index (κ2) is 3.32. The topological polar surface area (TPSA) is 25.2 Å². The van der Waals surface area contributed by atoms with Gasteiger partial charge in [-0.05, 0) is 13.0 Å².